The molecule has 2 rings (SSSR count). The molecule has 0 aliphatic carbocycles. The second-order valence-electron chi connectivity index (χ2n) is 5.87. The normalized spacial score (nSPS) is 16.5. The minimum absolute atomic E-state index is 0. The van der Waals surface area contributed by atoms with Crippen LogP contribution in [0.3, 0.4) is 0 Å². The molecule has 3 N–H and O–H groups in total. The number of halogens is 2. The van der Waals surface area contributed by atoms with Crippen LogP contribution in [-0.4, -0.2) is 64.5 Å². The second-order valence-corrected chi connectivity index (χ2v) is 6.28. The Morgan fingerprint density at radius 2 is 2.00 bits per heavy atom. The Kier molecular flexibility index (Phi) is 12.4. The number of hydrogen-bond acceptors (Lipinski definition) is 4. The van der Waals surface area contributed by atoms with Crippen LogP contribution in [-0.2, 0) is 9.47 Å². The number of nitrogens with one attached hydrogen (secondary N) is 3. The molecule has 1 unspecified atom stereocenters. The van der Waals surface area contributed by atoms with E-state index < -0.39 is 0 Å². The van der Waals surface area contributed by atoms with Crippen molar-refractivity contribution >= 4 is 47.4 Å². The van der Waals surface area contributed by atoms with Crippen molar-refractivity contribution in [1.82, 2.24) is 16.0 Å². The van der Waals surface area contributed by atoms with Gasteiger partial charge in [-0.2, -0.15) is 0 Å². The average molecular weight is 511 g/mol. The number of ether oxygens (including phenoxy) is 2. The standard InChI is InChI=1S/C18H27ClN4O3.HI/c1-20-18(22-8-4-11-26-14-7-12-25-13-14)23-10-9-21-17(24)15-5-2-3-6-16(15)19;/h2-3,5-6,14H,4,7-13H2,1H3,(H,21,24)(H2,20,22,23);1H. The van der Waals surface area contributed by atoms with Gasteiger partial charge in [-0.1, -0.05) is 23.7 Å². The van der Waals surface area contributed by atoms with Gasteiger partial charge in [0.1, 0.15) is 0 Å². The van der Waals surface area contributed by atoms with Crippen LogP contribution in [0.25, 0.3) is 0 Å². The summed E-state index contributed by atoms with van der Waals surface area (Å²) < 4.78 is 11.0. The maximum atomic E-state index is 12.0. The Morgan fingerprint density at radius 3 is 2.70 bits per heavy atom. The molecule has 1 aromatic carbocycles. The lowest BCUT2D eigenvalue weighted by molar-refractivity contribution is 0.0420. The van der Waals surface area contributed by atoms with E-state index in [0.717, 1.165) is 26.0 Å². The molecule has 0 aromatic heterocycles. The first kappa shape index (κ1) is 23.9. The summed E-state index contributed by atoms with van der Waals surface area (Å²) in [6.07, 6.45) is 2.12. The van der Waals surface area contributed by atoms with Crippen molar-refractivity contribution in [3.05, 3.63) is 34.9 Å². The van der Waals surface area contributed by atoms with Crippen LogP contribution in [0, 0.1) is 0 Å². The molecule has 1 atom stereocenters. The average Bonchev–Trinajstić information content (AvgIpc) is 3.16. The summed E-state index contributed by atoms with van der Waals surface area (Å²) in [4.78, 5) is 16.2. The van der Waals surface area contributed by atoms with Crippen LogP contribution in [0.2, 0.25) is 5.02 Å². The highest BCUT2D eigenvalue weighted by Crippen LogP contribution is 2.14. The van der Waals surface area contributed by atoms with Gasteiger partial charge in [-0.15, -0.1) is 24.0 Å². The molecule has 152 valence electrons. The highest BCUT2D eigenvalue weighted by atomic mass is 127. The first-order valence-corrected chi connectivity index (χ1v) is 9.25. The number of nitrogens with zero attached hydrogens (tertiary/aromatic N) is 1. The van der Waals surface area contributed by atoms with Gasteiger partial charge in [-0.25, -0.2) is 0 Å². The van der Waals surface area contributed by atoms with E-state index in [1.165, 1.54) is 0 Å². The molecule has 0 spiro atoms. The Balaban J connectivity index is 0.00000364. The van der Waals surface area contributed by atoms with Gasteiger partial charge in [0.25, 0.3) is 5.91 Å². The number of carbonyl (C=O) groups is 1. The Labute approximate surface area is 182 Å². The summed E-state index contributed by atoms with van der Waals surface area (Å²) >= 11 is 6.01. The van der Waals surface area contributed by atoms with Gasteiger partial charge in [0.2, 0.25) is 0 Å². The smallest absolute Gasteiger partial charge is 0.252 e. The lowest BCUT2D eigenvalue weighted by atomic mass is 10.2. The highest BCUT2D eigenvalue weighted by molar-refractivity contribution is 14.0. The SMILES string of the molecule is CN=C(NCCCOC1CCOC1)NCCNC(=O)c1ccccc1Cl.I. The first-order valence-electron chi connectivity index (χ1n) is 8.87. The van der Waals surface area contributed by atoms with Gasteiger partial charge in [-0.3, -0.25) is 9.79 Å². The minimum atomic E-state index is -0.187. The molecule has 27 heavy (non-hydrogen) atoms. The monoisotopic (exact) mass is 510 g/mol. The maximum absolute atomic E-state index is 12.0. The Morgan fingerprint density at radius 1 is 1.26 bits per heavy atom. The van der Waals surface area contributed by atoms with Crippen LogP contribution in [0.4, 0.5) is 0 Å². The summed E-state index contributed by atoms with van der Waals surface area (Å²) in [5.74, 6) is 0.509. The summed E-state index contributed by atoms with van der Waals surface area (Å²) in [6, 6.07) is 6.98. The molecule has 0 radical (unpaired) electrons. The fourth-order valence-electron chi connectivity index (χ4n) is 2.49. The third kappa shape index (κ3) is 9.09. The zero-order chi connectivity index (χ0) is 18.6. The van der Waals surface area contributed by atoms with Crippen molar-refractivity contribution < 1.29 is 14.3 Å². The van der Waals surface area contributed by atoms with E-state index in [-0.39, 0.29) is 36.0 Å². The molecular weight excluding hydrogens is 483 g/mol. The van der Waals surface area contributed by atoms with Crippen LogP contribution in [0.15, 0.2) is 29.3 Å². The Hall–Kier alpha value is -1.10. The number of carbonyl (C=O) groups excluding carboxylic acids is 1. The summed E-state index contributed by atoms with van der Waals surface area (Å²) in [5.41, 5.74) is 0.476. The van der Waals surface area contributed by atoms with Crippen molar-refractivity contribution in [3.8, 4) is 0 Å². The molecule has 9 heteroatoms. The lowest BCUT2D eigenvalue weighted by Gasteiger charge is -2.13. The molecule has 0 bridgehead atoms. The first-order chi connectivity index (χ1) is 12.7. The number of benzene rings is 1. The molecule has 1 aliphatic rings. The molecule has 1 saturated heterocycles. The highest BCUT2D eigenvalue weighted by Gasteiger charge is 2.15. The van der Waals surface area contributed by atoms with Crippen molar-refractivity contribution in [3.63, 3.8) is 0 Å². The number of hydrogen-bond donors (Lipinski definition) is 3. The molecule has 1 aliphatic heterocycles. The molecular formula is C18H28ClIN4O3. The van der Waals surface area contributed by atoms with Crippen molar-refractivity contribution in [1.29, 1.82) is 0 Å². The second kappa shape index (κ2) is 14.0. The largest absolute Gasteiger partial charge is 0.379 e. The third-order valence-corrected chi connectivity index (χ3v) is 4.23. The van der Waals surface area contributed by atoms with E-state index >= 15 is 0 Å². The van der Waals surface area contributed by atoms with Gasteiger partial charge in [-0.05, 0) is 25.0 Å². The van der Waals surface area contributed by atoms with E-state index in [1.54, 1.807) is 31.3 Å². The predicted molar refractivity (Wildman–Crippen MR) is 118 cm³/mol. The van der Waals surface area contributed by atoms with Crippen LogP contribution in [0.5, 0.6) is 0 Å². The molecule has 7 nitrogen and oxygen atoms in total. The maximum Gasteiger partial charge on any atom is 0.252 e. The predicted octanol–water partition coefficient (Wildman–Crippen LogP) is 2.05. The number of rotatable bonds is 9. The van der Waals surface area contributed by atoms with Gasteiger partial charge in [0, 0.05) is 39.9 Å². The minimum Gasteiger partial charge on any atom is -0.379 e. The van der Waals surface area contributed by atoms with Crippen molar-refractivity contribution in [2.24, 2.45) is 4.99 Å². The van der Waals surface area contributed by atoms with Gasteiger partial charge in [0.15, 0.2) is 5.96 Å². The van der Waals surface area contributed by atoms with Crippen LogP contribution < -0.4 is 16.0 Å². The number of amides is 1. The fraction of sp³-hybridized carbons (Fsp3) is 0.556. The van der Waals surface area contributed by atoms with Crippen molar-refractivity contribution in [2.75, 3.05) is 46.5 Å². The number of guanidine groups is 1. The van der Waals surface area contributed by atoms with E-state index in [1.807, 2.05) is 0 Å². The van der Waals surface area contributed by atoms with E-state index in [2.05, 4.69) is 20.9 Å². The fourth-order valence-corrected chi connectivity index (χ4v) is 2.71. The van der Waals surface area contributed by atoms with E-state index in [9.17, 15) is 4.79 Å². The third-order valence-electron chi connectivity index (χ3n) is 3.90. The zero-order valence-corrected chi connectivity index (χ0v) is 18.6. The van der Waals surface area contributed by atoms with Crippen LogP contribution >= 0.6 is 35.6 Å². The summed E-state index contributed by atoms with van der Waals surface area (Å²) in [5, 5.41) is 9.64. The summed E-state index contributed by atoms with van der Waals surface area (Å²) in [7, 11) is 1.71. The van der Waals surface area contributed by atoms with Crippen LogP contribution in [0.1, 0.15) is 23.2 Å². The topological polar surface area (TPSA) is 84.0 Å². The van der Waals surface area contributed by atoms with Gasteiger partial charge < -0.3 is 25.4 Å². The van der Waals surface area contributed by atoms with Crippen molar-refractivity contribution in [2.45, 2.75) is 18.9 Å². The Bertz CT molecular complexity index is 598. The molecule has 1 fully saturated rings. The van der Waals surface area contributed by atoms with Gasteiger partial charge >= 0.3 is 0 Å². The molecule has 0 saturated carbocycles. The molecule has 1 aromatic rings. The molecule has 1 heterocycles. The van der Waals surface area contributed by atoms with E-state index in [0.29, 0.717) is 42.8 Å². The number of aliphatic imine (C=N–C) groups is 1. The summed E-state index contributed by atoms with van der Waals surface area (Å²) in [6.45, 7) is 4.00. The zero-order valence-electron chi connectivity index (χ0n) is 15.5. The van der Waals surface area contributed by atoms with Gasteiger partial charge in [0.05, 0.1) is 23.3 Å². The lowest BCUT2D eigenvalue weighted by Crippen LogP contribution is -2.42. The molecule has 1 amide bonds. The van der Waals surface area contributed by atoms with E-state index in [4.69, 9.17) is 21.1 Å². The quantitative estimate of drug-likeness (QED) is 0.205.